The van der Waals surface area contributed by atoms with Crippen LogP contribution in [-0.4, -0.2) is 35.8 Å². The number of nitrogens with one attached hydrogen (secondary N) is 1. The third-order valence-electron chi connectivity index (χ3n) is 6.18. The largest absolute Gasteiger partial charge is 0.348 e. The molecule has 3 aromatic rings. The molecule has 0 radical (unpaired) electrons. The highest BCUT2D eigenvalue weighted by Crippen LogP contribution is 2.39. The molecular weight excluding hydrogens is 411 g/mol. The summed E-state index contributed by atoms with van der Waals surface area (Å²) in [5.41, 5.74) is 3.94. The van der Waals surface area contributed by atoms with Gasteiger partial charge in [0.1, 0.15) is 5.82 Å². The summed E-state index contributed by atoms with van der Waals surface area (Å²) in [6.45, 7) is 1.01. The summed E-state index contributed by atoms with van der Waals surface area (Å²) < 4.78 is 13.9. The molecule has 2 aliphatic rings. The number of halogens is 1. The highest BCUT2D eigenvalue weighted by Gasteiger charge is 2.27. The van der Waals surface area contributed by atoms with Crippen LogP contribution in [0.2, 0.25) is 0 Å². The van der Waals surface area contributed by atoms with Gasteiger partial charge in [0.15, 0.2) is 0 Å². The molecule has 1 saturated heterocycles. The van der Waals surface area contributed by atoms with Crippen molar-refractivity contribution < 1.29 is 14.0 Å². The molecule has 0 saturated carbocycles. The summed E-state index contributed by atoms with van der Waals surface area (Å²) in [5.74, 6) is -0.825. The van der Waals surface area contributed by atoms with E-state index < -0.39 is 5.82 Å². The van der Waals surface area contributed by atoms with Crippen LogP contribution in [0.1, 0.15) is 44.0 Å². The number of benzene rings is 2. The number of piperidine rings is 1. The summed E-state index contributed by atoms with van der Waals surface area (Å²) in [4.78, 5) is 29.1. The molecule has 31 heavy (non-hydrogen) atoms. The number of hydrogen-bond donors (Lipinski definition) is 1. The van der Waals surface area contributed by atoms with Gasteiger partial charge in [-0.2, -0.15) is 0 Å². The second-order valence-corrected chi connectivity index (χ2v) is 9.19. The van der Waals surface area contributed by atoms with Gasteiger partial charge in [0, 0.05) is 24.0 Å². The predicted octanol–water partition coefficient (Wildman–Crippen LogP) is 4.69. The molecular formula is C25H23FN2O2S. The maximum absolute atomic E-state index is 13.9. The topological polar surface area (TPSA) is 49.4 Å². The van der Waals surface area contributed by atoms with E-state index in [9.17, 15) is 14.0 Å². The Morgan fingerprint density at radius 3 is 2.48 bits per heavy atom. The SMILES string of the molecule is O=C(NC1CCN(C(=O)c2ccccc2F)CC1)c1cc2c(s1)-c1ccccc1CC2. The van der Waals surface area contributed by atoms with Gasteiger partial charge in [-0.3, -0.25) is 9.59 Å². The molecule has 6 heteroatoms. The molecule has 4 nitrogen and oxygen atoms in total. The quantitative estimate of drug-likeness (QED) is 0.650. The van der Waals surface area contributed by atoms with Crippen molar-refractivity contribution in [2.75, 3.05) is 13.1 Å². The van der Waals surface area contributed by atoms with Gasteiger partial charge in [0.05, 0.1) is 10.4 Å². The van der Waals surface area contributed by atoms with E-state index in [4.69, 9.17) is 0 Å². The zero-order valence-corrected chi connectivity index (χ0v) is 17.9. The van der Waals surface area contributed by atoms with Crippen molar-refractivity contribution in [1.82, 2.24) is 10.2 Å². The fraction of sp³-hybridized carbons (Fsp3) is 0.280. The molecule has 2 amide bonds. The second-order valence-electron chi connectivity index (χ2n) is 8.14. The first kappa shape index (κ1) is 19.9. The van der Waals surface area contributed by atoms with Gasteiger partial charge < -0.3 is 10.2 Å². The summed E-state index contributed by atoms with van der Waals surface area (Å²) in [7, 11) is 0. The third kappa shape index (κ3) is 3.88. The van der Waals surface area contributed by atoms with Crippen LogP contribution < -0.4 is 5.32 Å². The number of rotatable bonds is 3. The van der Waals surface area contributed by atoms with Crippen LogP contribution in [0.15, 0.2) is 54.6 Å². The van der Waals surface area contributed by atoms with E-state index >= 15 is 0 Å². The van der Waals surface area contributed by atoms with Crippen LogP contribution in [0.5, 0.6) is 0 Å². The van der Waals surface area contributed by atoms with E-state index in [1.54, 1.807) is 28.4 Å². The van der Waals surface area contributed by atoms with Gasteiger partial charge in [-0.15, -0.1) is 11.3 Å². The number of likely N-dealkylation sites (tertiary alicyclic amines) is 1. The molecule has 0 spiro atoms. The number of thiophene rings is 1. The molecule has 0 unspecified atom stereocenters. The Morgan fingerprint density at radius 2 is 1.68 bits per heavy atom. The van der Waals surface area contributed by atoms with Gasteiger partial charge in [-0.05, 0) is 60.6 Å². The minimum Gasteiger partial charge on any atom is -0.348 e. The normalized spacial score (nSPS) is 15.8. The van der Waals surface area contributed by atoms with Crippen molar-refractivity contribution in [2.45, 2.75) is 31.7 Å². The van der Waals surface area contributed by atoms with Crippen LogP contribution in [0.3, 0.4) is 0 Å². The first-order valence-corrected chi connectivity index (χ1v) is 11.5. The average Bonchev–Trinajstić information content (AvgIpc) is 3.25. The van der Waals surface area contributed by atoms with Gasteiger partial charge in [-0.1, -0.05) is 36.4 Å². The average molecular weight is 435 g/mol. The number of aryl methyl sites for hydroxylation is 2. The van der Waals surface area contributed by atoms with Crippen molar-refractivity contribution in [1.29, 1.82) is 0 Å². The smallest absolute Gasteiger partial charge is 0.261 e. The maximum atomic E-state index is 13.9. The highest BCUT2D eigenvalue weighted by molar-refractivity contribution is 7.17. The monoisotopic (exact) mass is 434 g/mol. The van der Waals surface area contributed by atoms with Crippen molar-refractivity contribution in [3.63, 3.8) is 0 Å². The van der Waals surface area contributed by atoms with E-state index in [1.807, 2.05) is 12.1 Å². The van der Waals surface area contributed by atoms with Crippen LogP contribution in [0.25, 0.3) is 10.4 Å². The van der Waals surface area contributed by atoms with Gasteiger partial charge in [0.2, 0.25) is 0 Å². The molecule has 1 fully saturated rings. The number of amides is 2. The molecule has 1 aromatic heterocycles. The Kier molecular flexibility index (Phi) is 5.32. The molecule has 2 aromatic carbocycles. The Morgan fingerprint density at radius 1 is 0.968 bits per heavy atom. The Labute approximate surface area is 184 Å². The van der Waals surface area contributed by atoms with Crippen LogP contribution >= 0.6 is 11.3 Å². The Balaban J connectivity index is 1.22. The van der Waals surface area contributed by atoms with E-state index in [-0.39, 0.29) is 23.4 Å². The zero-order valence-electron chi connectivity index (χ0n) is 17.1. The first-order chi connectivity index (χ1) is 15.1. The molecule has 0 bridgehead atoms. The maximum Gasteiger partial charge on any atom is 0.261 e. The van der Waals surface area contributed by atoms with E-state index in [0.29, 0.717) is 25.9 Å². The first-order valence-electron chi connectivity index (χ1n) is 10.7. The molecule has 5 rings (SSSR count). The van der Waals surface area contributed by atoms with Gasteiger partial charge >= 0.3 is 0 Å². The molecule has 0 atom stereocenters. The number of carbonyl (C=O) groups excluding carboxylic acids is 2. The van der Waals surface area contributed by atoms with Gasteiger partial charge in [0.25, 0.3) is 11.8 Å². The number of fused-ring (bicyclic) bond motifs is 3. The summed E-state index contributed by atoms with van der Waals surface area (Å²) in [5, 5.41) is 3.14. The summed E-state index contributed by atoms with van der Waals surface area (Å²) in [6.07, 6.45) is 3.31. The van der Waals surface area contributed by atoms with Crippen molar-refractivity contribution >= 4 is 23.2 Å². The van der Waals surface area contributed by atoms with E-state index in [0.717, 1.165) is 17.7 Å². The summed E-state index contributed by atoms with van der Waals surface area (Å²) >= 11 is 1.56. The number of nitrogens with zero attached hydrogens (tertiary/aromatic N) is 1. The Bertz CT molecular complexity index is 1150. The lowest BCUT2D eigenvalue weighted by molar-refractivity contribution is 0.0694. The third-order valence-corrected chi connectivity index (χ3v) is 7.39. The summed E-state index contributed by atoms with van der Waals surface area (Å²) in [6, 6.07) is 16.5. The van der Waals surface area contributed by atoms with Crippen LogP contribution in [-0.2, 0) is 12.8 Å². The molecule has 1 N–H and O–H groups in total. The lowest BCUT2D eigenvalue weighted by Crippen LogP contribution is -2.46. The van der Waals surface area contributed by atoms with Gasteiger partial charge in [-0.25, -0.2) is 4.39 Å². The van der Waals surface area contributed by atoms with E-state index in [1.165, 1.54) is 33.7 Å². The predicted molar refractivity (Wildman–Crippen MR) is 120 cm³/mol. The van der Waals surface area contributed by atoms with Crippen LogP contribution in [0, 0.1) is 5.82 Å². The minimum atomic E-state index is -0.494. The lowest BCUT2D eigenvalue weighted by Gasteiger charge is -2.32. The van der Waals surface area contributed by atoms with Crippen molar-refractivity contribution in [2.24, 2.45) is 0 Å². The molecule has 1 aliphatic carbocycles. The number of carbonyl (C=O) groups is 2. The fourth-order valence-corrected chi connectivity index (χ4v) is 5.65. The van der Waals surface area contributed by atoms with E-state index in [2.05, 4.69) is 23.5 Å². The number of hydrogen-bond acceptors (Lipinski definition) is 3. The second kappa shape index (κ2) is 8.27. The van der Waals surface area contributed by atoms with Crippen molar-refractivity contribution in [3.05, 3.63) is 82.0 Å². The molecule has 158 valence electrons. The molecule has 2 heterocycles. The fourth-order valence-electron chi connectivity index (χ4n) is 4.47. The zero-order chi connectivity index (χ0) is 21.4. The standard InChI is InChI=1S/C25H23FN2O2S/c26-21-8-4-3-7-20(21)25(30)28-13-11-18(12-14-28)27-24(29)22-15-17-10-9-16-5-1-2-6-19(16)23(17)31-22/h1-8,15,18H,9-14H2,(H,27,29). The Hall–Kier alpha value is -2.99. The molecule has 1 aliphatic heterocycles. The van der Waals surface area contributed by atoms with Crippen molar-refractivity contribution in [3.8, 4) is 10.4 Å². The van der Waals surface area contributed by atoms with Crippen LogP contribution in [0.4, 0.5) is 4.39 Å². The lowest BCUT2D eigenvalue weighted by atomic mass is 9.91. The minimum absolute atomic E-state index is 0.0172. The highest BCUT2D eigenvalue weighted by atomic mass is 32.1.